The van der Waals surface area contributed by atoms with E-state index >= 15 is 0 Å². The number of ether oxygens (including phenoxy) is 1. The zero-order valence-corrected chi connectivity index (χ0v) is 8.58. The monoisotopic (exact) mass is 185 g/mol. The lowest BCUT2D eigenvalue weighted by molar-refractivity contribution is -0.142. The van der Waals surface area contributed by atoms with Crippen molar-refractivity contribution in [1.29, 1.82) is 0 Å². The molecule has 0 aliphatic carbocycles. The van der Waals surface area contributed by atoms with Gasteiger partial charge in [0.05, 0.1) is 6.61 Å². The van der Waals surface area contributed by atoms with Gasteiger partial charge in [-0.15, -0.1) is 0 Å². The van der Waals surface area contributed by atoms with Crippen LogP contribution in [0.25, 0.3) is 0 Å². The highest BCUT2D eigenvalue weighted by Gasteiger charge is 2.17. The summed E-state index contributed by atoms with van der Waals surface area (Å²) in [5, 5.41) is 0. The number of morpholine rings is 1. The molecule has 1 saturated heterocycles. The number of amides is 1. The first-order valence-corrected chi connectivity index (χ1v) is 5.05. The van der Waals surface area contributed by atoms with E-state index in [1.54, 1.807) is 0 Å². The number of nitrogens with zero attached hydrogens (tertiary/aromatic N) is 1. The number of hydrogen-bond donors (Lipinski definition) is 0. The van der Waals surface area contributed by atoms with Gasteiger partial charge in [0.25, 0.3) is 0 Å². The van der Waals surface area contributed by atoms with Crippen LogP contribution in [0.15, 0.2) is 0 Å². The summed E-state index contributed by atoms with van der Waals surface area (Å²) in [5.74, 6) is 0.881. The molecule has 76 valence electrons. The van der Waals surface area contributed by atoms with Crippen molar-refractivity contribution < 1.29 is 9.53 Å². The Morgan fingerprint density at radius 1 is 1.54 bits per heavy atom. The van der Waals surface area contributed by atoms with Gasteiger partial charge >= 0.3 is 0 Å². The lowest BCUT2D eigenvalue weighted by atomic mass is 10.1. The van der Waals surface area contributed by atoms with Gasteiger partial charge in [-0.1, -0.05) is 13.8 Å². The van der Waals surface area contributed by atoms with Crippen LogP contribution in [0.2, 0.25) is 0 Å². The van der Waals surface area contributed by atoms with Gasteiger partial charge in [-0.3, -0.25) is 4.79 Å². The third-order valence-corrected chi connectivity index (χ3v) is 2.29. The van der Waals surface area contributed by atoms with Gasteiger partial charge in [0.15, 0.2) is 0 Å². The van der Waals surface area contributed by atoms with E-state index in [1.165, 1.54) is 6.42 Å². The molecule has 1 fully saturated rings. The highest BCUT2D eigenvalue weighted by Crippen LogP contribution is 2.06. The number of carbonyl (C=O) groups is 1. The van der Waals surface area contributed by atoms with E-state index in [9.17, 15) is 4.79 Å². The summed E-state index contributed by atoms with van der Waals surface area (Å²) >= 11 is 0. The van der Waals surface area contributed by atoms with Crippen molar-refractivity contribution in [3.05, 3.63) is 0 Å². The van der Waals surface area contributed by atoms with Gasteiger partial charge in [-0.2, -0.15) is 0 Å². The maximum atomic E-state index is 11.3. The lowest BCUT2D eigenvalue weighted by Gasteiger charge is -2.26. The van der Waals surface area contributed by atoms with Gasteiger partial charge in [0.1, 0.15) is 6.61 Å². The molecule has 3 nitrogen and oxygen atoms in total. The SMILES string of the molecule is CC(C)CCCN1CCOCC1=O. The quantitative estimate of drug-likeness (QED) is 0.660. The Morgan fingerprint density at radius 2 is 2.31 bits per heavy atom. The number of hydrogen-bond acceptors (Lipinski definition) is 2. The molecule has 0 spiro atoms. The first-order chi connectivity index (χ1) is 6.20. The van der Waals surface area contributed by atoms with Gasteiger partial charge in [0, 0.05) is 13.1 Å². The fourth-order valence-corrected chi connectivity index (χ4v) is 1.48. The molecule has 3 heteroatoms. The molecule has 1 aliphatic heterocycles. The van der Waals surface area contributed by atoms with E-state index in [2.05, 4.69) is 13.8 Å². The van der Waals surface area contributed by atoms with Crippen molar-refractivity contribution in [2.45, 2.75) is 26.7 Å². The number of carbonyl (C=O) groups excluding carboxylic acids is 1. The molecule has 1 aliphatic rings. The van der Waals surface area contributed by atoms with Crippen LogP contribution in [-0.4, -0.2) is 37.1 Å². The second-order valence-electron chi connectivity index (χ2n) is 3.97. The topological polar surface area (TPSA) is 29.5 Å². The highest BCUT2D eigenvalue weighted by atomic mass is 16.5. The van der Waals surface area contributed by atoms with Crippen LogP contribution in [-0.2, 0) is 9.53 Å². The Morgan fingerprint density at radius 3 is 2.92 bits per heavy atom. The number of rotatable bonds is 4. The molecule has 0 saturated carbocycles. The zero-order chi connectivity index (χ0) is 9.68. The molecule has 1 amide bonds. The minimum atomic E-state index is 0.148. The van der Waals surface area contributed by atoms with E-state index in [-0.39, 0.29) is 12.5 Å². The third-order valence-electron chi connectivity index (χ3n) is 2.29. The van der Waals surface area contributed by atoms with Crippen molar-refractivity contribution in [3.63, 3.8) is 0 Å². The third kappa shape index (κ3) is 3.77. The van der Waals surface area contributed by atoms with Crippen molar-refractivity contribution in [2.24, 2.45) is 5.92 Å². The Hall–Kier alpha value is -0.570. The summed E-state index contributed by atoms with van der Waals surface area (Å²) in [7, 11) is 0. The first-order valence-electron chi connectivity index (χ1n) is 5.05. The van der Waals surface area contributed by atoms with E-state index in [1.807, 2.05) is 4.90 Å². The average Bonchev–Trinajstić information content (AvgIpc) is 2.08. The largest absolute Gasteiger partial charge is 0.370 e. The minimum Gasteiger partial charge on any atom is -0.370 e. The standard InChI is InChI=1S/C10H19NO2/c1-9(2)4-3-5-11-6-7-13-8-10(11)12/h9H,3-8H2,1-2H3. The maximum Gasteiger partial charge on any atom is 0.248 e. The molecule has 0 aromatic carbocycles. The summed E-state index contributed by atoms with van der Waals surface area (Å²) in [4.78, 5) is 13.2. The molecule has 13 heavy (non-hydrogen) atoms. The summed E-state index contributed by atoms with van der Waals surface area (Å²) in [5.41, 5.74) is 0. The fraction of sp³-hybridized carbons (Fsp3) is 0.900. The summed E-state index contributed by atoms with van der Waals surface area (Å²) in [6.45, 7) is 7.08. The van der Waals surface area contributed by atoms with E-state index in [4.69, 9.17) is 4.74 Å². The molecule has 0 bridgehead atoms. The van der Waals surface area contributed by atoms with Gasteiger partial charge in [0.2, 0.25) is 5.91 Å². The van der Waals surface area contributed by atoms with E-state index < -0.39 is 0 Å². The Labute approximate surface area is 80.1 Å². The molecular formula is C10H19NO2. The molecule has 0 aromatic rings. The van der Waals surface area contributed by atoms with E-state index in [0.717, 1.165) is 25.4 Å². The predicted octanol–water partition coefficient (Wildman–Crippen LogP) is 1.28. The van der Waals surface area contributed by atoms with Crippen LogP contribution in [0, 0.1) is 5.92 Å². The van der Waals surface area contributed by atoms with Crippen LogP contribution in [0.1, 0.15) is 26.7 Å². The van der Waals surface area contributed by atoms with Crippen LogP contribution < -0.4 is 0 Å². The van der Waals surface area contributed by atoms with Gasteiger partial charge in [-0.05, 0) is 18.8 Å². The lowest BCUT2D eigenvalue weighted by Crippen LogP contribution is -2.42. The normalized spacial score (nSPS) is 18.4. The molecule has 0 atom stereocenters. The fourth-order valence-electron chi connectivity index (χ4n) is 1.48. The van der Waals surface area contributed by atoms with Crippen molar-refractivity contribution in [1.82, 2.24) is 4.90 Å². The first kappa shape index (κ1) is 10.5. The van der Waals surface area contributed by atoms with Crippen LogP contribution in [0.3, 0.4) is 0 Å². The predicted molar refractivity (Wildman–Crippen MR) is 51.5 cm³/mol. The molecule has 1 rings (SSSR count). The molecule has 0 radical (unpaired) electrons. The van der Waals surface area contributed by atoms with Crippen LogP contribution in [0.5, 0.6) is 0 Å². The second-order valence-corrected chi connectivity index (χ2v) is 3.97. The van der Waals surface area contributed by atoms with Crippen LogP contribution >= 0.6 is 0 Å². The minimum absolute atomic E-state index is 0.148. The average molecular weight is 185 g/mol. The summed E-state index contributed by atoms with van der Waals surface area (Å²) < 4.78 is 5.05. The Balaban J connectivity index is 2.15. The van der Waals surface area contributed by atoms with Crippen LogP contribution in [0.4, 0.5) is 0 Å². The highest BCUT2D eigenvalue weighted by molar-refractivity contribution is 5.77. The molecular weight excluding hydrogens is 166 g/mol. The zero-order valence-electron chi connectivity index (χ0n) is 8.58. The molecule has 0 N–H and O–H groups in total. The van der Waals surface area contributed by atoms with E-state index in [0.29, 0.717) is 6.61 Å². The molecule has 1 heterocycles. The summed E-state index contributed by atoms with van der Waals surface area (Å²) in [6.07, 6.45) is 2.31. The van der Waals surface area contributed by atoms with Crippen molar-refractivity contribution in [2.75, 3.05) is 26.3 Å². The second kappa shape index (κ2) is 5.22. The molecule has 0 unspecified atom stereocenters. The van der Waals surface area contributed by atoms with Crippen molar-refractivity contribution in [3.8, 4) is 0 Å². The molecule has 0 aromatic heterocycles. The Kier molecular flexibility index (Phi) is 4.22. The smallest absolute Gasteiger partial charge is 0.248 e. The van der Waals surface area contributed by atoms with Crippen molar-refractivity contribution >= 4 is 5.91 Å². The maximum absolute atomic E-state index is 11.3. The Bertz CT molecular complexity index is 168. The van der Waals surface area contributed by atoms with Gasteiger partial charge < -0.3 is 9.64 Å². The summed E-state index contributed by atoms with van der Waals surface area (Å²) in [6, 6.07) is 0. The van der Waals surface area contributed by atoms with Gasteiger partial charge in [-0.25, -0.2) is 0 Å².